The van der Waals surface area contributed by atoms with Gasteiger partial charge in [0.25, 0.3) is 10.0 Å². The molecule has 0 aromatic heterocycles. The van der Waals surface area contributed by atoms with Crippen LogP contribution in [0.15, 0.2) is 51.8 Å². The number of benzene rings is 2. The molecule has 1 aliphatic rings. The molecule has 0 amide bonds. The normalized spacial score (nSPS) is 17.1. The lowest BCUT2D eigenvalue weighted by Gasteiger charge is -2.27. The summed E-state index contributed by atoms with van der Waals surface area (Å²) in [7, 11) is -9.80. The first-order valence-electron chi connectivity index (χ1n) is 8.81. The Morgan fingerprint density at radius 3 is 2.30 bits per heavy atom. The highest BCUT2D eigenvalue weighted by Gasteiger charge is 2.49. The predicted octanol–water partition coefficient (Wildman–Crippen LogP) is 4.60. The second-order valence-electron chi connectivity index (χ2n) is 6.62. The fourth-order valence-electron chi connectivity index (χ4n) is 3.32. The molecule has 0 aliphatic carbocycles. The molecule has 12 heteroatoms. The number of halogens is 4. The van der Waals surface area contributed by atoms with Gasteiger partial charge < -0.3 is 4.18 Å². The van der Waals surface area contributed by atoms with Gasteiger partial charge in [-0.25, -0.2) is 8.42 Å². The van der Waals surface area contributed by atoms with Crippen LogP contribution in [0.4, 0.5) is 18.9 Å². The van der Waals surface area contributed by atoms with Gasteiger partial charge in [-0.3, -0.25) is 4.31 Å². The van der Waals surface area contributed by atoms with E-state index in [-0.39, 0.29) is 21.5 Å². The summed E-state index contributed by atoms with van der Waals surface area (Å²) >= 11 is 3.10. The number of hydrogen-bond acceptors (Lipinski definition) is 5. The molecule has 30 heavy (non-hydrogen) atoms. The van der Waals surface area contributed by atoms with E-state index in [0.29, 0.717) is 18.4 Å². The Bertz CT molecular complexity index is 1150. The van der Waals surface area contributed by atoms with E-state index in [2.05, 4.69) is 20.1 Å². The average molecular weight is 528 g/mol. The highest BCUT2D eigenvalue weighted by Crippen LogP contribution is 2.45. The number of nitrogens with zero attached hydrogens (tertiary/aromatic N) is 1. The summed E-state index contributed by atoms with van der Waals surface area (Å²) in [5.74, 6) is -0.555. The van der Waals surface area contributed by atoms with Crippen LogP contribution < -0.4 is 8.49 Å². The van der Waals surface area contributed by atoms with E-state index in [9.17, 15) is 30.0 Å². The van der Waals surface area contributed by atoms with E-state index in [4.69, 9.17) is 0 Å². The molecule has 1 atom stereocenters. The van der Waals surface area contributed by atoms with E-state index in [1.165, 1.54) is 22.5 Å². The van der Waals surface area contributed by atoms with E-state index in [0.717, 1.165) is 6.07 Å². The third-order valence-electron chi connectivity index (χ3n) is 4.60. The molecular formula is C18H17BrF3NO5S2. The third kappa shape index (κ3) is 4.04. The molecule has 6 nitrogen and oxygen atoms in total. The maximum atomic E-state index is 13.3. The number of anilines is 1. The van der Waals surface area contributed by atoms with Crippen molar-refractivity contribution in [1.82, 2.24) is 0 Å². The molecule has 0 N–H and O–H groups in total. The summed E-state index contributed by atoms with van der Waals surface area (Å²) < 4.78 is 92.8. The van der Waals surface area contributed by atoms with Crippen molar-refractivity contribution < 1.29 is 34.2 Å². The van der Waals surface area contributed by atoms with Crippen LogP contribution in [0.5, 0.6) is 5.75 Å². The smallest absolute Gasteiger partial charge is 0.375 e. The molecule has 2 aromatic carbocycles. The molecule has 0 bridgehead atoms. The first-order valence-corrected chi connectivity index (χ1v) is 12.5. The topological polar surface area (TPSA) is 80.8 Å². The second kappa shape index (κ2) is 8.04. The average Bonchev–Trinajstić information content (AvgIpc) is 3.04. The van der Waals surface area contributed by atoms with Crippen LogP contribution >= 0.6 is 15.9 Å². The van der Waals surface area contributed by atoms with E-state index in [1.54, 1.807) is 18.2 Å². The van der Waals surface area contributed by atoms with Gasteiger partial charge in [0.05, 0.1) is 15.1 Å². The van der Waals surface area contributed by atoms with Crippen molar-refractivity contribution in [2.45, 2.75) is 42.6 Å². The molecule has 2 aromatic rings. The summed E-state index contributed by atoms with van der Waals surface area (Å²) in [5.41, 5.74) is -4.96. The zero-order valence-corrected chi connectivity index (χ0v) is 18.8. The molecular weight excluding hydrogens is 511 g/mol. The Balaban J connectivity index is 2.09. The molecule has 1 unspecified atom stereocenters. The largest absolute Gasteiger partial charge is 0.534 e. The minimum absolute atomic E-state index is 0.0281. The van der Waals surface area contributed by atoms with Crippen molar-refractivity contribution in [3.05, 3.63) is 52.5 Å². The number of rotatable bonds is 6. The van der Waals surface area contributed by atoms with E-state index < -0.39 is 37.4 Å². The lowest BCUT2D eigenvalue weighted by atomic mass is 10.1. The summed E-state index contributed by atoms with van der Waals surface area (Å²) in [6, 6.07) is 9.58. The van der Waals surface area contributed by atoms with Gasteiger partial charge in [0.15, 0.2) is 5.75 Å². The number of alkyl halides is 3. The Labute approximate surface area is 181 Å². The highest BCUT2D eigenvalue weighted by atomic mass is 79.9. The lowest BCUT2D eigenvalue weighted by molar-refractivity contribution is -0.0500. The number of sulfonamides is 1. The van der Waals surface area contributed by atoms with Crippen LogP contribution in [-0.2, 0) is 26.6 Å². The van der Waals surface area contributed by atoms with Gasteiger partial charge in [-0.2, -0.15) is 21.6 Å². The molecule has 0 spiro atoms. The highest BCUT2D eigenvalue weighted by molar-refractivity contribution is 9.10. The van der Waals surface area contributed by atoms with Crippen LogP contribution in [0.2, 0.25) is 0 Å². The Morgan fingerprint density at radius 2 is 1.73 bits per heavy atom. The Kier molecular flexibility index (Phi) is 6.14. The minimum Gasteiger partial charge on any atom is -0.375 e. The molecule has 164 valence electrons. The van der Waals surface area contributed by atoms with Gasteiger partial charge in [-0.15, -0.1) is 0 Å². The molecule has 1 heterocycles. The van der Waals surface area contributed by atoms with Gasteiger partial charge in [-0.1, -0.05) is 31.5 Å². The van der Waals surface area contributed by atoms with Gasteiger partial charge in [0.1, 0.15) is 0 Å². The quantitative estimate of drug-likeness (QED) is 0.405. The van der Waals surface area contributed by atoms with Gasteiger partial charge >= 0.3 is 15.6 Å². The molecule has 3 rings (SSSR count). The molecule has 0 radical (unpaired) electrons. The van der Waals surface area contributed by atoms with Crippen molar-refractivity contribution in [2.75, 3.05) is 4.31 Å². The van der Waals surface area contributed by atoms with Crippen LogP contribution in [0.3, 0.4) is 0 Å². The van der Waals surface area contributed by atoms with Gasteiger partial charge in [0.2, 0.25) is 0 Å². The molecule has 0 saturated carbocycles. The summed E-state index contributed by atoms with van der Waals surface area (Å²) in [6.45, 7) is 1.88. The monoisotopic (exact) mass is 527 g/mol. The summed E-state index contributed by atoms with van der Waals surface area (Å²) in [6.07, 6.45) is 1.37. The van der Waals surface area contributed by atoms with Crippen molar-refractivity contribution in [3.8, 4) is 5.75 Å². The lowest BCUT2D eigenvalue weighted by Crippen LogP contribution is -2.37. The number of hydrogen-bond donors (Lipinski definition) is 0. The van der Waals surface area contributed by atoms with Crippen molar-refractivity contribution >= 4 is 41.8 Å². The third-order valence-corrected chi connectivity index (χ3v) is 8.31. The summed E-state index contributed by atoms with van der Waals surface area (Å²) in [5, 5.41) is 0. The maximum absolute atomic E-state index is 13.3. The zero-order chi connectivity index (χ0) is 22.3. The summed E-state index contributed by atoms with van der Waals surface area (Å²) in [4.78, 5) is 0.0788. The Hall–Kier alpha value is -1.79. The van der Waals surface area contributed by atoms with Crippen molar-refractivity contribution in [3.63, 3.8) is 0 Å². The Morgan fingerprint density at radius 1 is 1.10 bits per heavy atom. The molecule has 1 aliphatic heterocycles. The standard InChI is InChI=1S/C18H17BrF3NO5S2/c1-2-6-12-11-14-15(23(12)29(24,25)13-7-4-3-5-8-13)9-10-16(17(14)19)28-30(26,27)18(20,21)22/h3-5,7-10,12H,2,6,11H2,1H3. The van der Waals surface area contributed by atoms with Crippen molar-refractivity contribution in [1.29, 1.82) is 0 Å². The van der Waals surface area contributed by atoms with Crippen LogP contribution in [-0.4, -0.2) is 28.4 Å². The SMILES string of the molecule is CCCC1Cc2c(ccc(OS(=O)(=O)C(F)(F)F)c2Br)N1S(=O)(=O)c1ccccc1. The fraction of sp³-hybridized carbons (Fsp3) is 0.333. The van der Waals surface area contributed by atoms with Crippen LogP contribution in [0, 0.1) is 0 Å². The second-order valence-corrected chi connectivity index (χ2v) is 10.8. The van der Waals surface area contributed by atoms with Crippen molar-refractivity contribution in [2.24, 2.45) is 0 Å². The fourth-order valence-corrected chi connectivity index (χ4v) is 6.21. The minimum atomic E-state index is -5.86. The van der Waals surface area contributed by atoms with E-state index >= 15 is 0 Å². The van der Waals surface area contributed by atoms with Gasteiger partial charge in [-0.05, 0) is 58.6 Å². The predicted molar refractivity (Wildman–Crippen MR) is 108 cm³/mol. The van der Waals surface area contributed by atoms with E-state index in [1.807, 2.05) is 6.92 Å². The molecule has 0 saturated heterocycles. The van der Waals surface area contributed by atoms with Gasteiger partial charge in [0, 0.05) is 6.04 Å². The molecule has 0 fully saturated rings. The first-order chi connectivity index (χ1) is 13.9. The maximum Gasteiger partial charge on any atom is 0.534 e. The zero-order valence-electron chi connectivity index (χ0n) is 15.6. The van der Waals surface area contributed by atoms with Crippen LogP contribution in [0.25, 0.3) is 0 Å². The number of fused-ring (bicyclic) bond motifs is 1. The van der Waals surface area contributed by atoms with Crippen LogP contribution in [0.1, 0.15) is 25.3 Å². The first kappa shape index (κ1) is 22.9.